The number of ether oxygens (including phenoxy) is 3. The van der Waals surface area contributed by atoms with Crippen LogP contribution in [0, 0.1) is 0 Å². The van der Waals surface area contributed by atoms with E-state index in [1.54, 1.807) is 32.7 Å². The maximum Gasteiger partial charge on any atom is 0.261 e. The molecule has 1 N–H and O–H groups in total. The first-order valence-electron chi connectivity index (χ1n) is 8.51. The van der Waals surface area contributed by atoms with E-state index in [2.05, 4.69) is 10.3 Å². The van der Waals surface area contributed by atoms with Crippen molar-refractivity contribution in [3.05, 3.63) is 40.2 Å². The lowest BCUT2D eigenvalue weighted by molar-refractivity contribution is 0.0944. The Balaban J connectivity index is 1.59. The molecule has 0 radical (unpaired) electrons. The number of nitrogens with one attached hydrogen (secondary N) is 1. The highest BCUT2D eigenvalue weighted by Crippen LogP contribution is 2.39. The molecular weight excluding hydrogens is 398 g/mol. The molecule has 1 atom stereocenters. The summed E-state index contributed by atoms with van der Waals surface area (Å²) in [5.74, 6) is 1.47. The molecule has 4 rings (SSSR count). The average Bonchev–Trinajstić information content (AvgIpc) is 3.38. The lowest BCUT2D eigenvalue weighted by Crippen LogP contribution is -2.26. The summed E-state index contributed by atoms with van der Waals surface area (Å²) in [6, 6.07) is 5.30. The summed E-state index contributed by atoms with van der Waals surface area (Å²) in [4.78, 5) is 19.7. The number of imidazole rings is 1. The Labute approximate surface area is 169 Å². The van der Waals surface area contributed by atoms with Crippen molar-refractivity contribution < 1.29 is 19.0 Å². The summed E-state index contributed by atoms with van der Waals surface area (Å²) in [7, 11) is 4.69. The summed E-state index contributed by atoms with van der Waals surface area (Å²) in [6.45, 7) is 1.91. The summed E-state index contributed by atoms with van der Waals surface area (Å²) in [5.41, 5.74) is 1.80. The second-order valence-corrected chi connectivity index (χ2v) is 8.03. The van der Waals surface area contributed by atoms with Gasteiger partial charge in [-0.15, -0.1) is 22.7 Å². The Bertz CT molecular complexity index is 1140. The first-order chi connectivity index (χ1) is 13.5. The SMILES string of the molecule is COc1cc(C(C)NC(=O)c2cc3c(nc4sccn43)s2)cc(OC)c1OC. The minimum absolute atomic E-state index is 0.145. The van der Waals surface area contributed by atoms with E-state index in [1.807, 2.05) is 41.1 Å². The molecule has 0 saturated carbocycles. The Morgan fingerprint density at radius 2 is 1.86 bits per heavy atom. The number of thiophene rings is 1. The number of nitrogens with zero attached hydrogens (tertiary/aromatic N) is 2. The monoisotopic (exact) mass is 417 g/mol. The van der Waals surface area contributed by atoms with Gasteiger partial charge in [0.15, 0.2) is 16.5 Å². The second kappa shape index (κ2) is 7.33. The molecule has 0 fully saturated rings. The zero-order chi connectivity index (χ0) is 19.8. The van der Waals surface area contributed by atoms with Crippen LogP contribution in [0.1, 0.15) is 28.2 Å². The van der Waals surface area contributed by atoms with E-state index in [4.69, 9.17) is 14.2 Å². The smallest absolute Gasteiger partial charge is 0.261 e. The van der Waals surface area contributed by atoms with Gasteiger partial charge in [-0.05, 0) is 30.7 Å². The number of amides is 1. The van der Waals surface area contributed by atoms with Crippen molar-refractivity contribution >= 4 is 43.9 Å². The highest BCUT2D eigenvalue weighted by molar-refractivity contribution is 7.21. The normalized spacial score (nSPS) is 12.3. The fraction of sp³-hybridized carbons (Fsp3) is 0.263. The van der Waals surface area contributed by atoms with Crippen LogP contribution in [-0.4, -0.2) is 36.6 Å². The van der Waals surface area contributed by atoms with Crippen molar-refractivity contribution in [2.24, 2.45) is 0 Å². The summed E-state index contributed by atoms with van der Waals surface area (Å²) < 4.78 is 18.1. The van der Waals surface area contributed by atoms with Crippen LogP contribution in [0.4, 0.5) is 0 Å². The summed E-state index contributed by atoms with van der Waals surface area (Å²) in [5, 5.41) is 5.01. The van der Waals surface area contributed by atoms with E-state index >= 15 is 0 Å². The highest BCUT2D eigenvalue weighted by Gasteiger charge is 2.20. The molecule has 1 aromatic carbocycles. The summed E-state index contributed by atoms with van der Waals surface area (Å²) >= 11 is 2.96. The molecule has 4 aromatic rings. The number of hydrogen-bond donors (Lipinski definition) is 1. The van der Waals surface area contributed by atoms with Crippen LogP contribution in [-0.2, 0) is 0 Å². The Kier molecular flexibility index (Phi) is 4.86. The number of thiazole rings is 1. The van der Waals surface area contributed by atoms with Crippen molar-refractivity contribution in [2.75, 3.05) is 21.3 Å². The van der Waals surface area contributed by atoms with Gasteiger partial charge in [0.05, 0.1) is 37.8 Å². The van der Waals surface area contributed by atoms with Crippen molar-refractivity contribution in [2.45, 2.75) is 13.0 Å². The second-order valence-electron chi connectivity index (χ2n) is 6.12. The lowest BCUT2D eigenvalue weighted by Gasteiger charge is -2.18. The van der Waals surface area contributed by atoms with Crippen molar-refractivity contribution in [3.8, 4) is 17.2 Å². The third kappa shape index (κ3) is 3.06. The first kappa shape index (κ1) is 18.6. The molecule has 0 bridgehead atoms. The third-order valence-corrected chi connectivity index (χ3v) is 6.27. The molecular formula is C19H19N3O4S2. The van der Waals surface area contributed by atoms with Crippen LogP contribution in [0.3, 0.4) is 0 Å². The van der Waals surface area contributed by atoms with Crippen LogP contribution >= 0.6 is 22.7 Å². The molecule has 1 amide bonds. The average molecular weight is 418 g/mol. The molecule has 0 aliphatic heterocycles. The van der Waals surface area contributed by atoms with Gasteiger partial charge in [-0.25, -0.2) is 4.98 Å². The van der Waals surface area contributed by atoms with Gasteiger partial charge in [0.1, 0.15) is 4.83 Å². The summed E-state index contributed by atoms with van der Waals surface area (Å²) in [6.07, 6.45) is 1.96. The van der Waals surface area contributed by atoms with Crippen molar-refractivity contribution in [1.29, 1.82) is 0 Å². The molecule has 7 nitrogen and oxygen atoms in total. The van der Waals surface area contributed by atoms with E-state index in [1.165, 1.54) is 11.3 Å². The molecule has 0 aliphatic carbocycles. The molecule has 28 heavy (non-hydrogen) atoms. The number of carbonyl (C=O) groups is 1. The highest BCUT2D eigenvalue weighted by atomic mass is 32.1. The van der Waals surface area contributed by atoms with Gasteiger partial charge in [0.25, 0.3) is 5.91 Å². The molecule has 0 spiro atoms. The molecule has 3 aromatic heterocycles. The topological polar surface area (TPSA) is 74.1 Å². The van der Waals surface area contributed by atoms with Gasteiger partial charge in [0, 0.05) is 11.6 Å². The number of aromatic nitrogens is 2. The quantitative estimate of drug-likeness (QED) is 0.511. The number of benzene rings is 1. The zero-order valence-electron chi connectivity index (χ0n) is 15.8. The molecule has 1 unspecified atom stereocenters. The molecule has 146 valence electrons. The van der Waals surface area contributed by atoms with E-state index < -0.39 is 0 Å². The van der Waals surface area contributed by atoms with Crippen LogP contribution in [0.25, 0.3) is 15.3 Å². The molecule has 0 saturated heterocycles. The Hall–Kier alpha value is -2.78. The molecule has 0 aliphatic rings. The van der Waals surface area contributed by atoms with E-state index in [0.29, 0.717) is 22.1 Å². The number of rotatable bonds is 6. The molecule has 3 heterocycles. The standard InChI is InChI=1S/C19H19N3O4S2/c1-10(11-7-13(24-2)16(26-4)14(8-11)25-3)20-17(23)15-9-12-18(28-15)21-19-22(12)5-6-27-19/h5-10H,1-4H3,(H,20,23). The van der Waals surface area contributed by atoms with Crippen LogP contribution in [0.2, 0.25) is 0 Å². The van der Waals surface area contributed by atoms with E-state index in [-0.39, 0.29) is 11.9 Å². The number of carbonyl (C=O) groups excluding carboxylic acids is 1. The third-order valence-electron chi connectivity index (χ3n) is 4.50. The number of fused-ring (bicyclic) bond motifs is 3. The van der Waals surface area contributed by atoms with Crippen molar-refractivity contribution in [3.63, 3.8) is 0 Å². The van der Waals surface area contributed by atoms with Crippen molar-refractivity contribution in [1.82, 2.24) is 14.7 Å². The maximum atomic E-state index is 12.8. The van der Waals surface area contributed by atoms with Gasteiger partial charge < -0.3 is 19.5 Å². The minimum atomic E-state index is -0.251. The molecule has 9 heteroatoms. The van der Waals surface area contributed by atoms with Gasteiger partial charge in [0.2, 0.25) is 5.75 Å². The first-order valence-corrected chi connectivity index (χ1v) is 10.2. The van der Waals surface area contributed by atoms with Crippen LogP contribution in [0.15, 0.2) is 29.8 Å². The van der Waals surface area contributed by atoms with Gasteiger partial charge in [-0.1, -0.05) is 0 Å². The number of methoxy groups -OCH3 is 3. The lowest BCUT2D eigenvalue weighted by atomic mass is 10.1. The zero-order valence-corrected chi connectivity index (χ0v) is 17.4. The predicted octanol–water partition coefficient (Wildman–Crippen LogP) is 4.13. The number of hydrogen-bond acceptors (Lipinski definition) is 7. The van der Waals surface area contributed by atoms with Gasteiger partial charge in [-0.3, -0.25) is 9.20 Å². The Morgan fingerprint density at radius 1 is 1.14 bits per heavy atom. The fourth-order valence-electron chi connectivity index (χ4n) is 3.06. The van der Waals surface area contributed by atoms with E-state index in [0.717, 1.165) is 20.9 Å². The van der Waals surface area contributed by atoms with Crippen LogP contribution in [0.5, 0.6) is 17.2 Å². The van der Waals surface area contributed by atoms with Gasteiger partial charge >= 0.3 is 0 Å². The van der Waals surface area contributed by atoms with E-state index in [9.17, 15) is 4.79 Å². The minimum Gasteiger partial charge on any atom is -0.493 e. The largest absolute Gasteiger partial charge is 0.493 e. The predicted molar refractivity (Wildman–Crippen MR) is 110 cm³/mol. The van der Waals surface area contributed by atoms with Crippen LogP contribution < -0.4 is 19.5 Å². The van der Waals surface area contributed by atoms with Gasteiger partial charge in [-0.2, -0.15) is 0 Å². The Morgan fingerprint density at radius 3 is 2.50 bits per heavy atom. The maximum absolute atomic E-state index is 12.8. The fourth-order valence-corrected chi connectivity index (χ4v) is 4.77.